The highest BCUT2D eigenvalue weighted by atomic mass is 35.5. The molecule has 1 aliphatic rings. The Morgan fingerprint density at radius 2 is 2.25 bits per heavy atom. The largest absolute Gasteiger partial charge is 0.467 e. The topological polar surface area (TPSA) is 46.3 Å². The second-order valence-electron chi connectivity index (χ2n) is 5.58. The SMILES string of the molecule is O=C(CSc1ncccc1Cl)N(Cc1ccco1)C1=CCCCC1. The molecule has 0 unspecified atom stereocenters. The molecule has 0 aliphatic heterocycles. The number of carbonyl (C=O) groups excluding carboxylic acids is 1. The number of pyridine rings is 1. The molecule has 0 radical (unpaired) electrons. The van der Waals surface area contributed by atoms with Gasteiger partial charge >= 0.3 is 0 Å². The van der Waals surface area contributed by atoms with Gasteiger partial charge in [0.1, 0.15) is 10.8 Å². The highest BCUT2D eigenvalue weighted by Gasteiger charge is 2.21. The fraction of sp³-hybridized carbons (Fsp3) is 0.333. The lowest BCUT2D eigenvalue weighted by Crippen LogP contribution is -2.32. The molecule has 0 spiro atoms. The Labute approximate surface area is 150 Å². The van der Waals surface area contributed by atoms with Crippen molar-refractivity contribution in [2.24, 2.45) is 0 Å². The van der Waals surface area contributed by atoms with E-state index >= 15 is 0 Å². The Kier molecular flexibility index (Phi) is 5.99. The first-order valence-corrected chi connectivity index (χ1v) is 9.35. The van der Waals surface area contributed by atoms with Crippen LogP contribution in [0.2, 0.25) is 5.02 Å². The predicted octanol–water partition coefficient (Wildman–Crippen LogP) is 4.91. The van der Waals surface area contributed by atoms with Gasteiger partial charge in [-0.3, -0.25) is 4.79 Å². The first kappa shape index (κ1) is 17.1. The number of carbonyl (C=O) groups is 1. The average Bonchev–Trinajstić information content (AvgIpc) is 3.13. The fourth-order valence-electron chi connectivity index (χ4n) is 2.66. The van der Waals surface area contributed by atoms with Crippen molar-refractivity contribution in [3.05, 3.63) is 59.3 Å². The first-order valence-electron chi connectivity index (χ1n) is 7.99. The van der Waals surface area contributed by atoms with Crippen molar-refractivity contribution in [3.8, 4) is 0 Å². The van der Waals surface area contributed by atoms with E-state index in [1.54, 1.807) is 24.6 Å². The highest BCUT2D eigenvalue weighted by molar-refractivity contribution is 8.00. The van der Waals surface area contributed by atoms with Crippen LogP contribution in [0, 0.1) is 0 Å². The maximum Gasteiger partial charge on any atom is 0.237 e. The third-order valence-corrected chi connectivity index (χ3v) is 5.27. The molecule has 0 atom stereocenters. The Morgan fingerprint density at radius 1 is 1.33 bits per heavy atom. The summed E-state index contributed by atoms with van der Waals surface area (Å²) in [7, 11) is 0. The summed E-state index contributed by atoms with van der Waals surface area (Å²) >= 11 is 7.48. The Hall–Kier alpha value is -1.72. The molecule has 0 aromatic carbocycles. The smallest absolute Gasteiger partial charge is 0.237 e. The Balaban J connectivity index is 1.70. The monoisotopic (exact) mass is 362 g/mol. The number of furan rings is 1. The maximum atomic E-state index is 12.8. The molecule has 3 rings (SSSR count). The average molecular weight is 363 g/mol. The molecule has 0 bridgehead atoms. The summed E-state index contributed by atoms with van der Waals surface area (Å²) in [6.07, 6.45) is 9.75. The summed E-state index contributed by atoms with van der Waals surface area (Å²) in [5.74, 6) is 1.14. The zero-order chi connectivity index (χ0) is 16.8. The molecule has 24 heavy (non-hydrogen) atoms. The van der Waals surface area contributed by atoms with Gasteiger partial charge in [0.15, 0.2) is 0 Å². The normalized spacial score (nSPS) is 14.3. The molecule has 126 valence electrons. The van der Waals surface area contributed by atoms with Crippen LogP contribution in [0.15, 0.2) is 57.9 Å². The van der Waals surface area contributed by atoms with Crippen LogP contribution in [0.4, 0.5) is 0 Å². The van der Waals surface area contributed by atoms with Crippen LogP contribution in [0.25, 0.3) is 0 Å². The number of halogens is 1. The van der Waals surface area contributed by atoms with Crippen LogP contribution in [-0.4, -0.2) is 21.5 Å². The fourth-order valence-corrected chi connectivity index (χ4v) is 3.70. The number of amides is 1. The van der Waals surface area contributed by atoms with E-state index < -0.39 is 0 Å². The molecular formula is C18H19ClN2O2S. The van der Waals surface area contributed by atoms with E-state index in [0.29, 0.717) is 22.3 Å². The predicted molar refractivity (Wildman–Crippen MR) is 95.8 cm³/mol. The third-order valence-electron chi connectivity index (χ3n) is 3.87. The molecule has 2 heterocycles. The molecule has 4 nitrogen and oxygen atoms in total. The van der Waals surface area contributed by atoms with Crippen LogP contribution >= 0.6 is 23.4 Å². The van der Waals surface area contributed by atoms with Crippen molar-refractivity contribution < 1.29 is 9.21 Å². The lowest BCUT2D eigenvalue weighted by molar-refractivity contribution is -0.127. The zero-order valence-corrected chi connectivity index (χ0v) is 14.9. The second-order valence-corrected chi connectivity index (χ2v) is 6.95. The van der Waals surface area contributed by atoms with Crippen LogP contribution in [-0.2, 0) is 11.3 Å². The van der Waals surface area contributed by atoms with Gasteiger partial charge < -0.3 is 9.32 Å². The lowest BCUT2D eigenvalue weighted by Gasteiger charge is -2.27. The maximum absolute atomic E-state index is 12.8. The summed E-state index contributed by atoms with van der Waals surface area (Å²) in [5, 5.41) is 1.26. The van der Waals surface area contributed by atoms with Gasteiger partial charge in [0.25, 0.3) is 0 Å². The minimum absolute atomic E-state index is 0.0475. The van der Waals surface area contributed by atoms with Crippen molar-refractivity contribution >= 4 is 29.3 Å². The molecule has 0 N–H and O–H groups in total. The van der Waals surface area contributed by atoms with Crippen molar-refractivity contribution in [1.82, 2.24) is 9.88 Å². The van der Waals surface area contributed by atoms with Gasteiger partial charge in [-0.2, -0.15) is 0 Å². The van der Waals surface area contributed by atoms with Gasteiger partial charge in [-0.15, -0.1) is 0 Å². The molecule has 1 amide bonds. The number of thioether (sulfide) groups is 1. The second kappa shape index (κ2) is 8.40. The molecular weight excluding hydrogens is 344 g/mol. The molecule has 2 aromatic heterocycles. The number of hydrogen-bond donors (Lipinski definition) is 0. The van der Waals surface area contributed by atoms with E-state index in [9.17, 15) is 4.79 Å². The standard InChI is InChI=1S/C18H19ClN2O2S/c19-16-9-4-10-20-18(16)24-13-17(22)21(12-15-8-5-11-23-15)14-6-2-1-3-7-14/h4-6,8-11H,1-3,7,12-13H2. The van der Waals surface area contributed by atoms with E-state index in [1.165, 1.54) is 18.2 Å². The van der Waals surface area contributed by atoms with Crippen LogP contribution < -0.4 is 0 Å². The van der Waals surface area contributed by atoms with E-state index in [2.05, 4.69) is 11.1 Å². The summed E-state index contributed by atoms with van der Waals surface area (Å²) in [6, 6.07) is 7.30. The summed E-state index contributed by atoms with van der Waals surface area (Å²) < 4.78 is 5.43. The van der Waals surface area contributed by atoms with Crippen molar-refractivity contribution in [1.29, 1.82) is 0 Å². The van der Waals surface area contributed by atoms with Gasteiger partial charge in [0, 0.05) is 11.9 Å². The number of nitrogens with zero attached hydrogens (tertiary/aromatic N) is 2. The highest BCUT2D eigenvalue weighted by Crippen LogP contribution is 2.27. The van der Waals surface area contributed by atoms with Gasteiger partial charge in [-0.25, -0.2) is 4.98 Å². The zero-order valence-electron chi connectivity index (χ0n) is 13.3. The molecule has 0 saturated carbocycles. The first-order chi connectivity index (χ1) is 11.7. The van der Waals surface area contributed by atoms with Gasteiger partial charge in [-0.05, 0) is 49.9 Å². The Bertz CT molecular complexity index is 716. The van der Waals surface area contributed by atoms with Gasteiger partial charge in [0.2, 0.25) is 5.91 Å². The molecule has 0 saturated heterocycles. The van der Waals surface area contributed by atoms with Crippen molar-refractivity contribution in [2.75, 3.05) is 5.75 Å². The van der Waals surface area contributed by atoms with Crippen LogP contribution in [0.3, 0.4) is 0 Å². The number of allylic oxidation sites excluding steroid dienone is 2. The van der Waals surface area contributed by atoms with E-state index in [-0.39, 0.29) is 5.91 Å². The summed E-state index contributed by atoms with van der Waals surface area (Å²) in [6.45, 7) is 0.466. The number of aromatic nitrogens is 1. The number of rotatable bonds is 6. The minimum Gasteiger partial charge on any atom is -0.467 e. The summed E-state index contributed by atoms with van der Waals surface area (Å²) in [5.41, 5.74) is 1.09. The third kappa shape index (κ3) is 4.42. The van der Waals surface area contributed by atoms with E-state index in [1.807, 2.05) is 17.0 Å². The van der Waals surface area contributed by atoms with Gasteiger partial charge in [-0.1, -0.05) is 29.4 Å². The molecule has 1 aliphatic carbocycles. The Morgan fingerprint density at radius 3 is 2.96 bits per heavy atom. The van der Waals surface area contributed by atoms with Crippen molar-refractivity contribution in [3.63, 3.8) is 0 Å². The van der Waals surface area contributed by atoms with E-state index in [4.69, 9.17) is 16.0 Å². The molecule has 6 heteroatoms. The number of hydrogen-bond acceptors (Lipinski definition) is 4. The lowest BCUT2D eigenvalue weighted by atomic mass is 10.0. The minimum atomic E-state index is 0.0475. The quantitative estimate of drug-likeness (QED) is 0.685. The van der Waals surface area contributed by atoms with Crippen molar-refractivity contribution in [2.45, 2.75) is 37.3 Å². The summed E-state index contributed by atoms with van der Waals surface area (Å²) in [4.78, 5) is 18.9. The van der Waals surface area contributed by atoms with Gasteiger partial charge in [0.05, 0.1) is 23.6 Å². The van der Waals surface area contributed by atoms with E-state index in [0.717, 1.165) is 30.7 Å². The molecule has 2 aromatic rings. The molecule has 0 fully saturated rings. The van der Waals surface area contributed by atoms with Crippen LogP contribution in [0.1, 0.15) is 31.4 Å². The van der Waals surface area contributed by atoms with Crippen LogP contribution in [0.5, 0.6) is 0 Å².